The highest BCUT2D eigenvalue weighted by Gasteiger charge is 2.58. The van der Waals surface area contributed by atoms with Gasteiger partial charge in [-0.1, -0.05) is 0 Å². The molecule has 2 heteroatoms. The van der Waals surface area contributed by atoms with E-state index < -0.39 is 0 Å². The van der Waals surface area contributed by atoms with Gasteiger partial charge in [0.25, 0.3) is 0 Å². The Hall–Kier alpha value is -0.0800. The van der Waals surface area contributed by atoms with Crippen molar-refractivity contribution in [1.29, 1.82) is 0 Å². The zero-order valence-electron chi connectivity index (χ0n) is 13.1. The van der Waals surface area contributed by atoms with E-state index in [4.69, 9.17) is 0 Å². The minimum atomic E-state index is 0.378. The Labute approximate surface area is 118 Å². The average molecular weight is 262 g/mol. The maximum Gasteiger partial charge on any atom is 0.0125 e. The van der Waals surface area contributed by atoms with Crippen LogP contribution in [0.4, 0.5) is 0 Å². The Kier molecular flexibility index (Phi) is 2.65. The van der Waals surface area contributed by atoms with Crippen LogP contribution >= 0.6 is 0 Å². The van der Waals surface area contributed by atoms with Crippen molar-refractivity contribution in [3.05, 3.63) is 0 Å². The second-order valence-electron chi connectivity index (χ2n) is 8.86. The lowest BCUT2D eigenvalue weighted by Gasteiger charge is -2.52. The molecule has 2 bridgehead atoms. The van der Waals surface area contributed by atoms with Gasteiger partial charge >= 0.3 is 0 Å². The minimum absolute atomic E-state index is 0.378. The summed E-state index contributed by atoms with van der Waals surface area (Å²) in [5.41, 5.74) is 0.378. The predicted octanol–water partition coefficient (Wildman–Crippen LogP) is 2.55. The zero-order chi connectivity index (χ0) is 13.4. The molecule has 5 aliphatic rings. The molecule has 0 aromatic carbocycles. The van der Waals surface area contributed by atoms with Gasteiger partial charge in [0.15, 0.2) is 0 Å². The van der Waals surface area contributed by atoms with Crippen LogP contribution < -0.4 is 0 Å². The molecule has 3 aliphatic carbocycles. The quantitative estimate of drug-likeness (QED) is 0.662. The first-order chi connectivity index (χ1) is 8.95. The average Bonchev–Trinajstić information content (AvgIpc) is 2.90. The highest BCUT2D eigenvalue weighted by atomic mass is 15.2. The Balaban J connectivity index is 1.61. The molecule has 5 rings (SSSR count). The normalized spacial score (nSPS) is 50.5. The first-order valence-electron chi connectivity index (χ1n) is 8.39. The van der Waals surface area contributed by atoms with Gasteiger partial charge in [0.1, 0.15) is 0 Å². The fourth-order valence-electron chi connectivity index (χ4n) is 6.15. The molecule has 19 heavy (non-hydrogen) atoms. The molecule has 2 saturated heterocycles. The van der Waals surface area contributed by atoms with Crippen LogP contribution in [0, 0.1) is 35.5 Å². The molecule has 6 atom stereocenters. The van der Waals surface area contributed by atoms with Crippen LogP contribution in [0.3, 0.4) is 0 Å². The van der Waals surface area contributed by atoms with E-state index in [9.17, 15) is 0 Å². The Bertz CT molecular complexity index is 344. The molecule has 2 heterocycles. The lowest BCUT2D eigenvalue weighted by atomic mass is 9.52. The monoisotopic (exact) mass is 262 g/mol. The van der Waals surface area contributed by atoms with E-state index in [1.165, 1.54) is 26.2 Å². The Morgan fingerprint density at radius 2 is 1.11 bits per heavy atom. The molecule has 0 radical (unpaired) electrons. The summed E-state index contributed by atoms with van der Waals surface area (Å²) in [7, 11) is 2.34. The van der Waals surface area contributed by atoms with Gasteiger partial charge in [-0.15, -0.1) is 0 Å². The zero-order valence-corrected chi connectivity index (χ0v) is 13.1. The summed E-state index contributed by atoms with van der Waals surface area (Å²) < 4.78 is 0. The molecule has 6 unspecified atom stereocenters. The smallest absolute Gasteiger partial charge is 0.0125 e. The highest BCUT2D eigenvalue weighted by molar-refractivity contribution is 5.09. The summed E-state index contributed by atoms with van der Waals surface area (Å²) >= 11 is 0. The number of nitrogens with zero attached hydrogens (tertiary/aromatic N) is 2. The summed E-state index contributed by atoms with van der Waals surface area (Å²) in [6.45, 7) is 12.8. The molecule has 0 amide bonds. The maximum atomic E-state index is 2.79. The summed E-state index contributed by atoms with van der Waals surface area (Å²) in [5.74, 6) is 6.26. The maximum absolute atomic E-state index is 2.79. The molecule has 5 fully saturated rings. The van der Waals surface area contributed by atoms with E-state index >= 15 is 0 Å². The van der Waals surface area contributed by atoms with Gasteiger partial charge in [-0.2, -0.15) is 0 Å². The van der Waals surface area contributed by atoms with E-state index in [1.54, 1.807) is 12.8 Å². The van der Waals surface area contributed by atoms with Crippen molar-refractivity contribution < 1.29 is 0 Å². The van der Waals surface area contributed by atoms with Crippen molar-refractivity contribution in [3.8, 4) is 0 Å². The molecule has 0 aromatic rings. The van der Waals surface area contributed by atoms with Crippen LogP contribution in [0.25, 0.3) is 0 Å². The van der Waals surface area contributed by atoms with Crippen LogP contribution in [0.2, 0.25) is 0 Å². The predicted molar refractivity (Wildman–Crippen MR) is 79.0 cm³/mol. The fraction of sp³-hybridized carbons (Fsp3) is 1.00. The first-order valence-corrected chi connectivity index (χ1v) is 8.39. The van der Waals surface area contributed by atoms with Crippen molar-refractivity contribution >= 4 is 0 Å². The number of hydrogen-bond acceptors (Lipinski definition) is 2. The third-order valence-corrected chi connectivity index (χ3v) is 6.99. The van der Waals surface area contributed by atoms with E-state index in [0.29, 0.717) is 5.54 Å². The van der Waals surface area contributed by atoms with Crippen LogP contribution in [0.5, 0.6) is 0 Å². The number of rotatable bonds is 0. The topological polar surface area (TPSA) is 6.48 Å². The molecule has 0 aromatic heterocycles. The Morgan fingerprint density at radius 1 is 0.684 bits per heavy atom. The van der Waals surface area contributed by atoms with Gasteiger partial charge < -0.3 is 4.90 Å². The molecule has 3 saturated carbocycles. The molecular formula is C17H30N2. The lowest BCUT2D eigenvalue weighted by Crippen LogP contribution is -2.49. The Morgan fingerprint density at radius 3 is 1.53 bits per heavy atom. The molecule has 2 nitrogen and oxygen atoms in total. The summed E-state index contributed by atoms with van der Waals surface area (Å²) in [6, 6.07) is 0. The van der Waals surface area contributed by atoms with Gasteiger partial charge in [0, 0.05) is 31.7 Å². The summed E-state index contributed by atoms with van der Waals surface area (Å²) in [6.07, 6.45) is 3.08. The van der Waals surface area contributed by atoms with Gasteiger partial charge in [-0.25, -0.2) is 0 Å². The van der Waals surface area contributed by atoms with Gasteiger partial charge in [-0.05, 0) is 76.2 Å². The highest BCUT2D eigenvalue weighted by Crippen LogP contribution is 2.59. The van der Waals surface area contributed by atoms with E-state index in [1.807, 2.05) is 0 Å². The summed E-state index contributed by atoms with van der Waals surface area (Å²) in [4.78, 5) is 5.40. The van der Waals surface area contributed by atoms with Crippen molar-refractivity contribution in [2.24, 2.45) is 35.5 Å². The molecule has 0 spiro atoms. The van der Waals surface area contributed by atoms with E-state index in [2.05, 4.69) is 37.6 Å². The standard InChI is InChI=1S/C17H30N2/c1-17(2,3)19-9-15-11-5-6-12(16(15)10-19)14-8-18(4)7-13(11)14/h11-16H,5-10H2,1-4H3. The fourth-order valence-corrected chi connectivity index (χ4v) is 6.15. The van der Waals surface area contributed by atoms with E-state index in [-0.39, 0.29) is 0 Å². The SMILES string of the molecule is CN1CC2C3CCC(C2C1)C1CN(C(C)(C)C)CC31. The van der Waals surface area contributed by atoms with Crippen LogP contribution in [-0.4, -0.2) is 48.6 Å². The second-order valence-corrected chi connectivity index (χ2v) is 8.86. The molecular weight excluding hydrogens is 232 g/mol. The molecule has 0 N–H and O–H groups in total. The molecule has 108 valence electrons. The van der Waals surface area contributed by atoms with Crippen molar-refractivity contribution in [1.82, 2.24) is 9.80 Å². The first kappa shape index (κ1) is 12.6. The third kappa shape index (κ3) is 1.75. The number of fused-ring (bicyclic) bond motifs is 1. The minimum Gasteiger partial charge on any atom is -0.306 e. The second kappa shape index (κ2) is 3.98. The number of hydrogen-bond donors (Lipinski definition) is 0. The largest absolute Gasteiger partial charge is 0.306 e. The van der Waals surface area contributed by atoms with Gasteiger partial charge in [-0.3, -0.25) is 4.90 Å². The van der Waals surface area contributed by atoms with Gasteiger partial charge in [0.2, 0.25) is 0 Å². The van der Waals surface area contributed by atoms with Gasteiger partial charge in [0.05, 0.1) is 0 Å². The third-order valence-electron chi connectivity index (χ3n) is 6.99. The molecule has 2 aliphatic heterocycles. The summed E-state index contributed by atoms with van der Waals surface area (Å²) in [5, 5.41) is 0. The lowest BCUT2D eigenvalue weighted by molar-refractivity contribution is -0.0289. The van der Waals surface area contributed by atoms with Crippen molar-refractivity contribution in [2.45, 2.75) is 39.2 Å². The van der Waals surface area contributed by atoms with E-state index in [0.717, 1.165) is 35.5 Å². The number of likely N-dealkylation sites (tertiary alicyclic amines) is 2. The van der Waals surface area contributed by atoms with Crippen LogP contribution in [-0.2, 0) is 0 Å². The van der Waals surface area contributed by atoms with Crippen molar-refractivity contribution in [2.75, 3.05) is 33.2 Å². The van der Waals surface area contributed by atoms with Crippen LogP contribution in [0.1, 0.15) is 33.6 Å². The van der Waals surface area contributed by atoms with Crippen molar-refractivity contribution in [3.63, 3.8) is 0 Å². The van der Waals surface area contributed by atoms with Crippen LogP contribution in [0.15, 0.2) is 0 Å².